The Labute approximate surface area is 229 Å². The van der Waals surface area contributed by atoms with Crippen molar-refractivity contribution in [1.82, 2.24) is 4.90 Å². The van der Waals surface area contributed by atoms with Crippen LogP contribution in [0.15, 0.2) is 78.9 Å². The first kappa shape index (κ1) is 29.4. The zero-order valence-corrected chi connectivity index (χ0v) is 22.4. The Morgan fingerprint density at radius 1 is 1.00 bits per heavy atom. The van der Waals surface area contributed by atoms with Crippen LogP contribution in [-0.4, -0.2) is 58.2 Å². The van der Waals surface area contributed by atoms with Crippen LogP contribution in [0.2, 0.25) is 0 Å². The molecular formula is C31H36N2O6. The van der Waals surface area contributed by atoms with E-state index in [4.69, 9.17) is 0 Å². The molecule has 2 aromatic carbocycles. The van der Waals surface area contributed by atoms with E-state index in [-0.39, 0.29) is 37.3 Å². The number of allylic oxidation sites excluding steroid dienone is 5. The maximum atomic E-state index is 13.4. The van der Waals surface area contributed by atoms with Crippen LogP contribution < -0.4 is 5.32 Å². The lowest BCUT2D eigenvalue weighted by Crippen LogP contribution is -2.41. The second kappa shape index (κ2) is 13.1. The molecule has 1 atom stereocenters. The van der Waals surface area contributed by atoms with Gasteiger partial charge in [0.25, 0.3) is 0 Å². The highest BCUT2D eigenvalue weighted by Gasteiger charge is 2.37. The third-order valence-electron chi connectivity index (χ3n) is 7.21. The van der Waals surface area contributed by atoms with E-state index in [0.29, 0.717) is 24.1 Å². The molecule has 3 rings (SSSR count). The van der Waals surface area contributed by atoms with Crippen molar-refractivity contribution in [3.8, 4) is 5.75 Å². The number of benzene rings is 2. The number of hydrogen-bond donors (Lipinski definition) is 4. The quantitative estimate of drug-likeness (QED) is 0.330. The molecule has 0 fully saturated rings. The number of anilines is 1. The lowest BCUT2D eigenvalue weighted by molar-refractivity contribution is -0.137. The van der Waals surface area contributed by atoms with E-state index in [1.165, 1.54) is 0 Å². The number of phenols is 1. The number of carbonyl (C=O) groups excluding carboxylic acids is 1. The van der Waals surface area contributed by atoms with Crippen LogP contribution in [0.4, 0.5) is 5.69 Å². The van der Waals surface area contributed by atoms with E-state index in [2.05, 4.69) is 11.9 Å². The molecule has 0 aromatic heterocycles. The Morgan fingerprint density at radius 2 is 1.64 bits per heavy atom. The fraction of sp³-hybridized carbons (Fsp3) is 0.323. The van der Waals surface area contributed by atoms with Crippen LogP contribution in [0.3, 0.4) is 0 Å². The van der Waals surface area contributed by atoms with Gasteiger partial charge in [-0.2, -0.15) is 0 Å². The number of fused-ring (bicyclic) bond motifs is 1. The first-order chi connectivity index (χ1) is 18.5. The lowest BCUT2D eigenvalue weighted by Gasteiger charge is -2.37. The first-order valence-corrected chi connectivity index (χ1v) is 12.9. The molecule has 0 radical (unpaired) electrons. The van der Waals surface area contributed by atoms with Gasteiger partial charge >= 0.3 is 11.9 Å². The van der Waals surface area contributed by atoms with Crippen LogP contribution in [0, 0.1) is 0 Å². The molecular weight excluding hydrogens is 496 g/mol. The lowest BCUT2D eigenvalue weighted by atomic mass is 9.66. The topological polar surface area (TPSA) is 127 Å². The number of hydrogen-bond acceptors (Lipinski definition) is 5. The fourth-order valence-corrected chi connectivity index (χ4v) is 5.00. The molecule has 1 aliphatic rings. The molecule has 1 aliphatic carbocycles. The Kier molecular flexibility index (Phi) is 9.84. The van der Waals surface area contributed by atoms with Crippen LogP contribution in [0.5, 0.6) is 5.75 Å². The SMILES string of the molecule is C=C1/C=C\C=C/Cc2ccc(NC(=O)C(Cc3ccc(O)cc3)N(C)C)cc2C1(CCC(=O)O)CCC(=O)O. The molecule has 2 aromatic rings. The number of nitrogens with one attached hydrogen (secondary N) is 1. The van der Waals surface area contributed by atoms with E-state index in [9.17, 15) is 29.7 Å². The van der Waals surface area contributed by atoms with Crippen LogP contribution >= 0.6 is 0 Å². The number of nitrogens with zero attached hydrogens (tertiary/aromatic N) is 1. The summed E-state index contributed by atoms with van der Waals surface area (Å²) in [5, 5.41) is 31.6. The number of carboxylic acids is 2. The molecule has 8 nitrogen and oxygen atoms in total. The van der Waals surface area contributed by atoms with Gasteiger partial charge in [0.15, 0.2) is 0 Å². The van der Waals surface area contributed by atoms with Crippen molar-refractivity contribution in [2.75, 3.05) is 19.4 Å². The molecule has 1 unspecified atom stereocenters. The zero-order valence-electron chi connectivity index (χ0n) is 22.4. The van der Waals surface area contributed by atoms with Crippen molar-refractivity contribution in [2.24, 2.45) is 0 Å². The zero-order chi connectivity index (χ0) is 28.6. The van der Waals surface area contributed by atoms with Gasteiger partial charge in [-0.15, -0.1) is 0 Å². The molecule has 0 heterocycles. The maximum absolute atomic E-state index is 13.4. The second-order valence-corrected chi connectivity index (χ2v) is 10.1. The smallest absolute Gasteiger partial charge is 0.303 e. The monoisotopic (exact) mass is 532 g/mol. The van der Waals surface area contributed by atoms with Gasteiger partial charge < -0.3 is 20.6 Å². The molecule has 8 heteroatoms. The van der Waals surface area contributed by atoms with E-state index in [0.717, 1.165) is 16.7 Å². The van der Waals surface area contributed by atoms with Gasteiger partial charge in [0.1, 0.15) is 5.75 Å². The Hall–Kier alpha value is -4.17. The van der Waals surface area contributed by atoms with Crippen molar-refractivity contribution < 1.29 is 29.7 Å². The highest BCUT2D eigenvalue weighted by Crippen LogP contribution is 2.44. The average Bonchev–Trinajstić information content (AvgIpc) is 2.94. The van der Waals surface area contributed by atoms with E-state index in [1.54, 1.807) is 30.3 Å². The van der Waals surface area contributed by atoms with Gasteiger partial charge in [0, 0.05) is 23.9 Å². The van der Waals surface area contributed by atoms with Gasteiger partial charge in [-0.05, 0) is 86.3 Å². The van der Waals surface area contributed by atoms with Gasteiger partial charge in [-0.3, -0.25) is 19.3 Å². The molecule has 1 amide bonds. The minimum atomic E-state index is -0.978. The molecule has 206 valence electrons. The van der Waals surface area contributed by atoms with Crippen molar-refractivity contribution in [2.45, 2.75) is 50.0 Å². The molecule has 0 spiro atoms. The number of aromatic hydroxyl groups is 1. The standard InChI is InChI=1S/C31H36N2O6/c1-21-7-5-4-6-8-23-11-12-24(20-26(23)31(21,17-15-28(35)36)18-16-29(37)38)32-30(39)27(33(2)3)19-22-9-13-25(34)14-10-22/h4-7,9-14,20,27,34H,1,8,15-19H2,2-3H3,(H,32,39)(H,35,36)(H,37,38)/b6-4-,7-5-. The highest BCUT2D eigenvalue weighted by molar-refractivity contribution is 5.95. The predicted molar refractivity (Wildman–Crippen MR) is 151 cm³/mol. The summed E-state index contributed by atoms with van der Waals surface area (Å²) in [6.45, 7) is 4.24. The van der Waals surface area contributed by atoms with Crippen LogP contribution in [-0.2, 0) is 32.6 Å². The summed E-state index contributed by atoms with van der Waals surface area (Å²) in [7, 11) is 3.64. The third kappa shape index (κ3) is 7.67. The highest BCUT2D eigenvalue weighted by atomic mass is 16.4. The van der Waals surface area contributed by atoms with Crippen molar-refractivity contribution >= 4 is 23.5 Å². The summed E-state index contributed by atoms with van der Waals surface area (Å²) < 4.78 is 0. The van der Waals surface area contributed by atoms with Gasteiger partial charge in [-0.1, -0.05) is 49.1 Å². The normalized spacial score (nSPS) is 16.7. The number of carbonyl (C=O) groups is 3. The number of carboxylic acid groups (broad SMARTS) is 2. The van der Waals surface area contributed by atoms with Crippen LogP contribution in [0.1, 0.15) is 42.4 Å². The van der Waals surface area contributed by atoms with E-state index < -0.39 is 23.4 Å². The second-order valence-electron chi connectivity index (χ2n) is 10.1. The molecule has 0 bridgehead atoms. The molecule has 0 aliphatic heterocycles. The number of amides is 1. The summed E-state index contributed by atoms with van der Waals surface area (Å²) in [6, 6.07) is 11.8. The Balaban J connectivity index is 2.02. The third-order valence-corrected chi connectivity index (χ3v) is 7.21. The number of rotatable bonds is 11. The fourth-order valence-electron chi connectivity index (χ4n) is 5.00. The first-order valence-electron chi connectivity index (χ1n) is 12.9. The summed E-state index contributed by atoms with van der Waals surface area (Å²) in [4.78, 5) is 38.5. The largest absolute Gasteiger partial charge is 0.508 e. The van der Waals surface area contributed by atoms with E-state index in [1.807, 2.05) is 55.4 Å². The minimum absolute atomic E-state index is 0.154. The summed E-state index contributed by atoms with van der Waals surface area (Å²) >= 11 is 0. The summed E-state index contributed by atoms with van der Waals surface area (Å²) in [5.74, 6) is -2.03. The summed E-state index contributed by atoms with van der Waals surface area (Å²) in [5.41, 5.74) is 2.79. The average molecular weight is 533 g/mol. The number of phenolic OH excluding ortho intramolecular Hbond substituents is 1. The number of likely N-dealkylation sites (N-methyl/N-ethyl adjacent to an activating group) is 1. The Morgan fingerprint density at radius 3 is 2.23 bits per heavy atom. The minimum Gasteiger partial charge on any atom is -0.508 e. The molecule has 39 heavy (non-hydrogen) atoms. The van der Waals surface area contributed by atoms with E-state index >= 15 is 0 Å². The maximum Gasteiger partial charge on any atom is 0.303 e. The van der Waals surface area contributed by atoms with Crippen molar-refractivity contribution in [3.05, 3.63) is 95.6 Å². The van der Waals surface area contributed by atoms with Crippen LogP contribution in [0.25, 0.3) is 0 Å². The molecule has 4 N–H and O–H groups in total. The predicted octanol–water partition coefficient (Wildman–Crippen LogP) is 4.70. The molecule has 0 saturated heterocycles. The van der Waals surface area contributed by atoms with Gasteiger partial charge in [0.2, 0.25) is 5.91 Å². The summed E-state index contributed by atoms with van der Waals surface area (Å²) in [6.07, 6.45) is 8.51. The van der Waals surface area contributed by atoms with Gasteiger partial charge in [-0.25, -0.2) is 0 Å². The number of aliphatic carboxylic acids is 2. The van der Waals surface area contributed by atoms with Gasteiger partial charge in [0.05, 0.1) is 6.04 Å². The van der Waals surface area contributed by atoms with Crippen molar-refractivity contribution in [1.29, 1.82) is 0 Å². The molecule has 0 saturated carbocycles. The van der Waals surface area contributed by atoms with Crippen molar-refractivity contribution in [3.63, 3.8) is 0 Å². The Bertz CT molecular complexity index is 1260.